The summed E-state index contributed by atoms with van der Waals surface area (Å²) in [4.78, 5) is 0. The van der Waals surface area contributed by atoms with Crippen molar-refractivity contribution >= 4 is 6.91 Å². The number of hydrogen-bond acceptors (Lipinski definition) is 0. The Hall–Kier alpha value is -0.525. The minimum atomic E-state index is 2.00. The monoisotopic (exact) mass is 79.1 g/mol. The maximum absolute atomic E-state index is 2.00. The molecular weight excluding hydrogens is 72.9 g/mol. The maximum atomic E-state index is 2.00. The molecule has 0 spiro atoms. The van der Waals surface area contributed by atoms with Gasteiger partial charge in [0.05, 0.1) is 0 Å². The van der Waals surface area contributed by atoms with Gasteiger partial charge in [-0.2, -0.15) is 0 Å². The van der Waals surface area contributed by atoms with Gasteiger partial charge in [-0.15, -0.1) is 0 Å². The molecule has 0 unspecified atom stereocenters. The molecule has 0 N–H and O–H groups in total. The van der Waals surface area contributed by atoms with Gasteiger partial charge >= 0.3 is 36.8 Å². The number of rotatable bonds is 0. The molecule has 2 heteroatoms. The molecule has 0 atom stereocenters. The summed E-state index contributed by atoms with van der Waals surface area (Å²) in [7, 11) is 2.00. The van der Waals surface area contributed by atoms with E-state index >= 15 is 0 Å². The predicted molar refractivity (Wildman–Crippen MR) is 26.8 cm³/mol. The van der Waals surface area contributed by atoms with Gasteiger partial charge < -0.3 is 0 Å². The molecule has 0 saturated carbocycles. The van der Waals surface area contributed by atoms with Crippen LogP contribution in [0.15, 0.2) is 18.3 Å². The fourth-order valence-electron chi connectivity index (χ4n) is 0.421. The van der Waals surface area contributed by atoms with Gasteiger partial charge in [-0.1, -0.05) is 0 Å². The zero-order valence-corrected chi connectivity index (χ0v) is 3.76. The van der Waals surface area contributed by atoms with Gasteiger partial charge in [0, 0.05) is 0 Å². The molecule has 0 radical (unpaired) electrons. The first-order valence-corrected chi connectivity index (χ1v) is 1.96. The van der Waals surface area contributed by atoms with Crippen molar-refractivity contribution < 1.29 is 0 Å². The average Bonchev–Trinajstić information content (AvgIpc) is 1.86. The number of hydrogen-bond donors (Lipinski definition) is 0. The number of aryl methyl sites for hydroxylation is 1. The van der Waals surface area contributed by atoms with E-state index in [0.29, 0.717) is 0 Å². The van der Waals surface area contributed by atoms with E-state index in [-0.39, 0.29) is 0 Å². The molecule has 6 heavy (non-hydrogen) atoms. The van der Waals surface area contributed by atoms with E-state index < -0.39 is 0 Å². The summed E-state index contributed by atoms with van der Waals surface area (Å²) in [6, 6.07) is 0. The average molecular weight is 78.9 g/mol. The molecule has 1 heterocycles. The molecular formula is C4H6BN. The van der Waals surface area contributed by atoms with Crippen molar-refractivity contribution in [1.29, 1.82) is 0 Å². The van der Waals surface area contributed by atoms with E-state index in [4.69, 9.17) is 0 Å². The molecule has 1 rings (SSSR count). The Morgan fingerprint density at radius 1 is 1.67 bits per heavy atom. The molecule has 30 valence electrons. The first kappa shape index (κ1) is 3.66. The normalized spacial score (nSPS) is 8.17. The fraction of sp³-hybridized carbons (Fsp3) is 0.250. The van der Waals surface area contributed by atoms with E-state index in [9.17, 15) is 0 Å². The predicted octanol–water partition coefficient (Wildman–Crippen LogP) is 0.363. The van der Waals surface area contributed by atoms with E-state index in [1.54, 1.807) is 0 Å². The molecule has 1 aromatic rings. The summed E-state index contributed by atoms with van der Waals surface area (Å²) < 4.78 is 2.00. The standard InChI is InChI=1S/C4H6BN/c1-6-3-2-5-4-6/h2-4H,1H3. The van der Waals surface area contributed by atoms with Crippen LogP contribution in [0.4, 0.5) is 0 Å². The number of aromatic nitrogens is 1. The van der Waals surface area contributed by atoms with Gasteiger partial charge in [0.15, 0.2) is 0 Å². The van der Waals surface area contributed by atoms with Gasteiger partial charge in [0.1, 0.15) is 0 Å². The van der Waals surface area contributed by atoms with E-state index in [2.05, 4.69) is 0 Å². The summed E-state index contributed by atoms with van der Waals surface area (Å²) >= 11 is 0. The van der Waals surface area contributed by atoms with E-state index in [1.165, 1.54) is 0 Å². The summed E-state index contributed by atoms with van der Waals surface area (Å²) in [6.45, 7) is 2.00. The van der Waals surface area contributed by atoms with Crippen LogP contribution in [0.3, 0.4) is 0 Å². The minimum absolute atomic E-state index is 2.00. The van der Waals surface area contributed by atoms with Crippen molar-refractivity contribution in [2.45, 2.75) is 0 Å². The van der Waals surface area contributed by atoms with E-state index in [1.807, 2.05) is 36.8 Å². The molecule has 0 saturated heterocycles. The second kappa shape index (κ2) is 1.29. The Morgan fingerprint density at radius 2 is 2.50 bits per heavy atom. The molecule has 0 bridgehead atoms. The second-order valence-electron chi connectivity index (χ2n) is 1.35. The topological polar surface area (TPSA) is 4.93 Å². The van der Waals surface area contributed by atoms with E-state index in [0.717, 1.165) is 0 Å². The third kappa shape index (κ3) is 0.508. The van der Waals surface area contributed by atoms with Crippen molar-refractivity contribution in [2.24, 2.45) is 7.05 Å². The summed E-state index contributed by atoms with van der Waals surface area (Å²) in [6.07, 6.45) is 4.00. The van der Waals surface area contributed by atoms with Crippen molar-refractivity contribution in [2.75, 3.05) is 0 Å². The van der Waals surface area contributed by atoms with Crippen LogP contribution in [-0.4, -0.2) is 11.5 Å². The molecule has 1 nitrogen and oxygen atoms in total. The third-order valence-corrected chi connectivity index (χ3v) is 0.754. The van der Waals surface area contributed by atoms with Crippen LogP contribution < -0.4 is 0 Å². The van der Waals surface area contributed by atoms with Gasteiger partial charge in [-0.25, -0.2) is 0 Å². The van der Waals surface area contributed by atoms with Crippen LogP contribution in [-0.2, 0) is 7.05 Å². The first-order chi connectivity index (χ1) is 2.89. The Kier molecular flexibility index (Phi) is 0.786. The van der Waals surface area contributed by atoms with Crippen molar-refractivity contribution in [3.05, 3.63) is 18.3 Å². The summed E-state index contributed by atoms with van der Waals surface area (Å²) in [5, 5.41) is 0. The Bertz CT molecular complexity index is 111. The summed E-state index contributed by atoms with van der Waals surface area (Å²) in [5.41, 5.74) is 0. The Morgan fingerprint density at radius 3 is 2.67 bits per heavy atom. The van der Waals surface area contributed by atoms with Crippen molar-refractivity contribution in [3.8, 4) is 0 Å². The number of nitrogens with zero attached hydrogens (tertiary/aromatic N) is 1. The van der Waals surface area contributed by atoms with Gasteiger partial charge in [-0.3, -0.25) is 0 Å². The van der Waals surface area contributed by atoms with Crippen LogP contribution in [0.1, 0.15) is 0 Å². The first-order valence-electron chi connectivity index (χ1n) is 1.96. The van der Waals surface area contributed by atoms with Crippen LogP contribution in [0.2, 0.25) is 0 Å². The Labute approximate surface area is 37.8 Å². The van der Waals surface area contributed by atoms with Crippen LogP contribution in [0, 0.1) is 0 Å². The van der Waals surface area contributed by atoms with Gasteiger partial charge in [-0.05, 0) is 0 Å². The van der Waals surface area contributed by atoms with Crippen LogP contribution >= 0.6 is 0 Å². The molecule has 0 aliphatic heterocycles. The fourth-order valence-corrected chi connectivity index (χ4v) is 0.421. The second-order valence-corrected chi connectivity index (χ2v) is 1.35. The van der Waals surface area contributed by atoms with Gasteiger partial charge in [0.2, 0.25) is 0 Å². The van der Waals surface area contributed by atoms with Crippen LogP contribution in [0.5, 0.6) is 0 Å². The quantitative estimate of drug-likeness (QED) is 0.423. The van der Waals surface area contributed by atoms with Crippen molar-refractivity contribution in [3.63, 3.8) is 0 Å². The van der Waals surface area contributed by atoms with Crippen LogP contribution in [0.25, 0.3) is 0 Å². The molecule has 0 amide bonds. The van der Waals surface area contributed by atoms with Gasteiger partial charge in [0.25, 0.3) is 0 Å². The summed E-state index contributed by atoms with van der Waals surface area (Å²) in [5.74, 6) is 2.00. The molecule has 0 fully saturated rings. The third-order valence-electron chi connectivity index (χ3n) is 0.754. The molecule has 0 aromatic carbocycles. The Balaban J connectivity index is 3.05. The molecule has 0 aliphatic carbocycles. The molecule has 0 aliphatic rings. The zero-order chi connectivity index (χ0) is 4.41. The molecule has 1 aromatic heterocycles. The zero-order valence-electron chi connectivity index (χ0n) is 3.76. The SMILES string of the molecule is Cn1cbcc1. The van der Waals surface area contributed by atoms with Crippen molar-refractivity contribution in [1.82, 2.24) is 4.57 Å².